The van der Waals surface area contributed by atoms with E-state index in [1.807, 2.05) is 0 Å². The van der Waals surface area contributed by atoms with Crippen molar-refractivity contribution in [3.63, 3.8) is 0 Å². The number of carbonyl (C=O) groups excluding carboxylic acids is 3. The Hall–Kier alpha value is -1.43. The third-order valence-corrected chi connectivity index (χ3v) is 2.83. The fraction of sp³-hybridized carbons (Fsp3) is 0.750. The molecular formula is C12H20N2O4. The summed E-state index contributed by atoms with van der Waals surface area (Å²) in [6.07, 6.45) is 0.231. The highest BCUT2D eigenvalue weighted by molar-refractivity contribution is 6.03. The number of likely N-dealkylation sites (tertiary alicyclic amines) is 1. The molecule has 6 heteroatoms. The van der Waals surface area contributed by atoms with Crippen LogP contribution in [0.5, 0.6) is 0 Å². The smallest absolute Gasteiger partial charge is 0.232 e. The molecule has 0 aliphatic carbocycles. The predicted molar refractivity (Wildman–Crippen MR) is 64.4 cm³/mol. The van der Waals surface area contributed by atoms with E-state index >= 15 is 0 Å². The molecule has 2 N–H and O–H groups in total. The van der Waals surface area contributed by atoms with Crippen molar-refractivity contribution in [1.29, 1.82) is 0 Å². The first-order chi connectivity index (χ1) is 8.41. The van der Waals surface area contributed by atoms with Crippen LogP contribution in [0.25, 0.3) is 0 Å². The van der Waals surface area contributed by atoms with Gasteiger partial charge in [-0.25, -0.2) is 0 Å². The molecule has 1 unspecified atom stereocenters. The minimum Gasteiger partial charge on any atom is -0.393 e. The number of hydrogen-bond acceptors (Lipinski definition) is 4. The van der Waals surface area contributed by atoms with E-state index in [0.717, 1.165) is 0 Å². The number of carbonyl (C=O) groups is 3. The van der Waals surface area contributed by atoms with Gasteiger partial charge in [0.25, 0.3) is 0 Å². The summed E-state index contributed by atoms with van der Waals surface area (Å²) in [7, 11) is 0. The molecule has 102 valence electrons. The number of hydrogen-bond donors (Lipinski definition) is 2. The molecule has 1 aliphatic rings. The van der Waals surface area contributed by atoms with Crippen molar-refractivity contribution in [2.45, 2.75) is 39.2 Å². The van der Waals surface area contributed by atoms with Gasteiger partial charge >= 0.3 is 0 Å². The molecule has 1 heterocycles. The molecule has 1 rings (SSSR count). The van der Waals surface area contributed by atoms with Crippen LogP contribution in [-0.2, 0) is 14.4 Å². The van der Waals surface area contributed by atoms with E-state index < -0.39 is 6.10 Å². The lowest BCUT2D eigenvalue weighted by Crippen LogP contribution is -2.34. The van der Waals surface area contributed by atoms with E-state index in [1.165, 1.54) is 4.90 Å². The van der Waals surface area contributed by atoms with Crippen molar-refractivity contribution in [1.82, 2.24) is 10.2 Å². The second-order valence-corrected chi connectivity index (χ2v) is 4.75. The zero-order valence-corrected chi connectivity index (χ0v) is 10.8. The van der Waals surface area contributed by atoms with Crippen LogP contribution >= 0.6 is 0 Å². The van der Waals surface area contributed by atoms with Gasteiger partial charge in [0.2, 0.25) is 17.7 Å². The fourth-order valence-electron chi connectivity index (χ4n) is 1.89. The molecule has 1 aliphatic heterocycles. The molecule has 3 amide bonds. The van der Waals surface area contributed by atoms with Gasteiger partial charge in [-0.15, -0.1) is 0 Å². The second-order valence-electron chi connectivity index (χ2n) is 4.75. The third kappa shape index (κ3) is 4.10. The average molecular weight is 256 g/mol. The number of aliphatic hydroxyl groups excluding tert-OH is 1. The number of nitrogens with one attached hydrogen (secondary N) is 1. The molecule has 0 spiro atoms. The van der Waals surface area contributed by atoms with Gasteiger partial charge in [0.05, 0.1) is 12.5 Å². The number of aliphatic hydroxyl groups is 1. The van der Waals surface area contributed by atoms with Gasteiger partial charge in [0.15, 0.2) is 0 Å². The SMILES string of the molecule is CC1CC(=O)N(CCCNC(=O)C[C@@H](C)O)C1=O. The quantitative estimate of drug-likeness (QED) is 0.503. The van der Waals surface area contributed by atoms with Crippen LogP contribution in [0.15, 0.2) is 0 Å². The maximum Gasteiger partial charge on any atom is 0.232 e. The Kier molecular flexibility index (Phi) is 5.27. The number of rotatable bonds is 6. The average Bonchev–Trinajstić information content (AvgIpc) is 2.49. The Morgan fingerprint density at radius 2 is 2.22 bits per heavy atom. The third-order valence-electron chi connectivity index (χ3n) is 2.83. The summed E-state index contributed by atoms with van der Waals surface area (Å²) < 4.78 is 0. The summed E-state index contributed by atoms with van der Waals surface area (Å²) in [6, 6.07) is 0. The van der Waals surface area contributed by atoms with Crippen molar-refractivity contribution >= 4 is 17.7 Å². The molecule has 2 atom stereocenters. The molecular weight excluding hydrogens is 236 g/mol. The first kappa shape index (κ1) is 14.6. The summed E-state index contributed by atoms with van der Waals surface area (Å²) >= 11 is 0. The van der Waals surface area contributed by atoms with Crippen molar-refractivity contribution in [2.75, 3.05) is 13.1 Å². The lowest BCUT2D eigenvalue weighted by atomic mass is 10.1. The topological polar surface area (TPSA) is 86.7 Å². The van der Waals surface area contributed by atoms with Crippen LogP contribution in [0.3, 0.4) is 0 Å². The Morgan fingerprint density at radius 1 is 1.56 bits per heavy atom. The molecule has 0 aromatic carbocycles. The maximum absolute atomic E-state index is 11.6. The van der Waals surface area contributed by atoms with Gasteiger partial charge in [-0.3, -0.25) is 19.3 Å². The molecule has 0 aromatic rings. The zero-order chi connectivity index (χ0) is 13.7. The number of amides is 3. The van der Waals surface area contributed by atoms with Crippen molar-refractivity contribution in [3.8, 4) is 0 Å². The van der Waals surface area contributed by atoms with Gasteiger partial charge < -0.3 is 10.4 Å². The molecule has 0 bridgehead atoms. The lowest BCUT2D eigenvalue weighted by molar-refractivity contribution is -0.139. The molecule has 1 saturated heterocycles. The summed E-state index contributed by atoms with van der Waals surface area (Å²) in [6.45, 7) is 4.03. The van der Waals surface area contributed by atoms with Crippen LogP contribution in [0.2, 0.25) is 0 Å². The Morgan fingerprint density at radius 3 is 2.72 bits per heavy atom. The molecule has 1 fully saturated rings. The largest absolute Gasteiger partial charge is 0.393 e. The molecule has 6 nitrogen and oxygen atoms in total. The van der Waals surface area contributed by atoms with Gasteiger partial charge in [-0.2, -0.15) is 0 Å². The number of nitrogens with zero attached hydrogens (tertiary/aromatic N) is 1. The first-order valence-corrected chi connectivity index (χ1v) is 6.20. The van der Waals surface area contributed by atoms with Crippen molar-refractivity contribution < 1.29 is 19.5 Å². The minimum atomic E-state index is -0.660. The van der Waals surface area contributed by atoms with Crippen molar-refractivity contribution in [3.05, 3.63) is 0 Å². The summed E-state index contributed by atoms with van der Waals surface area (Å²) in [4.78, 5) is 35.5. The van der Waals surface area contributed by atoms with Gasteiger partial charge in [0, 0.05) is 25.4 Å². The van der Waals surface area contributed by atoms with E-state index in [-0.39, 0.29) is 36.5 Å². The first-order valence-electron chi connectivity index (χ1n) is 6.20. The molecule has 0 saturated carbocycles. The van der Waals surface area contributed by atoms with E-state index in [1.54, 1.807) is 13.8 Å². The summed E-state index contributed by atoms with van der Waals surface area (Å²) in [5.74, 6) is -0.710. The maximum atomic E-state index is 11.6. The Bertz CT molecular complexity index is 341. The molecule has 0 aromatic heterocycles. The van der Waals surface area contributed by atoms with E-state index in [2.05, 4.69) is 5.32 Å². The zero-order valence-electron chi connectivity index (χ0n) is 10.8. The lowest BCUT2D eigenvalue weighted by Gasteiger charge is -2.14. The Balaban J connectivity index is 2.20. The highest BCUT2D eigenvalue weighted by Gasteiger charge is 2.34. The summed E-state index contributed by atoms with van der Waals surface area (Å²) in [5.41, 5.74) is 0. The van der Waals surface area contributed by atoms with E-state index in [9.17, 15) is 14.4 Å². The van der Waals surface area contributed by atoms with Crippen LogP contribution < -0.4 is 5.32 Å². The van der Waals surface area contributed by atoms with Crippen LogP contribution in [0.1, 0.15) is 33.1 Å². The highest BCUT2D eigenvalue weighted by Crippen LogP contribution is 2.18. The van der Waals surface area contributed by atoms with Gasteiger partial charge in [-0.1, -0.05) is 6.92 Å². The second kappa shape index (κ2) is 6.49. The summed E-state index contributed by atoms with van der Waals surface area (Å²) in [5, 5.41) is 11.6. The van der Waals surface area contributed by atoms with Crippen LogP contribution in [0, 0.1) is 5.92 Å². The van der Waals surface area contributed by atoms with E-state index in [0.29, 0.717) is 19.5 Å². The Labute approximate surface area is 106 Å². The molecule has 18 heavy (non-hydrogen) atoms. The molecule has 0 radical (unpaired) electrons. The van der Waals surface area contributed by atoms with Gasteiger partial charge in [0.1, 0.15) is 0 Å². The predicted octanol–water partition coefficient (Wildman–Crippen LogP) is -0.341. The van der Waals surface area contributed by atoms with Crippen LogP contribution in [-0.4, -0.2) is 46.9 Å². The monoisotopic (exact) mass is 256 g/mol. The normalized spacial score (nSPS) is 21.3. The fourth-order valence-corrected chi connectivity index (χ4v) is 1.89. The van der Waals surface area contributed by atoms with Crippen molar-refractivity contribution in [2.24, 2.45) is 5.92 Å². The number of imide groups is 1. The highest BCUT2D eigenvalue weighted by atomic mass is 16.3. The van der Waals surface area contributed by atoms with E-state index in [4.69, 9.17) is 5.11 Å². The van der Waals surface area contributed by atoms with Gasteiger partial charge in [-0.05, 0) is 13.3 Å². The standard InChI is InChI=1S/C12H20N2O4/c1-8-6-11(17)14(12(8)18)5-3-4-13-10(16)7-9(2)15/h8-9,15H,3-7H2,1-2H3,(H,13,16)/t8?,9-/m1/s1. The minimum absolute atomic E-state index is 0.0681. The van der Waals surface area contributed by atoms with Crippen LogP contribution in [0.4, 0.5) is 0 Å².